The first-order valence-electron chi connectivity index (χ1n) is 7.88. The summed E-state index contributed by atoms with van der Waals surface area (Å²) < 4.78 is 23.5. The van der Waals surface area contributed by atoms with Crippen LogP contribution in [0.2, 0.25) is 0 Å². The van der Waals surface area contributed by atoms with Crippen LogP contribution in [0, 0.1) is 5.82 Å². The minimum absolute atomic E-state index is 0.214. The third-order valence-electron chi connectivity index (χ3n) is 3.55. The molecule has 0 aliphatic rings. The largest absolute Gasteiger partial charge is 0.494 e. The highest BCUT2D eigenvalue weighted by Crippen LogP contribution is 2.20. The van der Waals surface area contributed by atoms with Crippen molar-refractivity contribution in [2.75, 3.05) is 6.61 Å². The van der Waals surface area contributed by atoms with E-state index in [1.54, 1.807) is 42.5 Å². The molecule has 1 amide bonds. The average Bonchev–Trinajstić information content (AvgIpc) is 3.10. The molecule has 1 N–H and O–H groups in total. The van der Waals surface area contributed by atoms with Gasteiger partial charge < -0.3 is 14.6 Å². The number of hydrogen-bond acceptors (Lipinski definition) is 4. The summed E-state index contributed by atoms with van der Waals surface area (Å²) in [6, 6.07) is 14.5. The minimum Gasteiger partial charge on any atom is -0.494 e. The Hall–Kier alpha value is -3.15. The topological polar surface area (TPSA) is 64.4 Å². The Bertz CT molecular complexity index is 842. The molecule has 0 aliphatic carbocycles. The molecule has 0 radical (unpaired) electrons. The maximum absolute atomic E-state index is 12.9. The van der Waals surface area contributed by atoms with Crippen molar-refractivity contribution in [3.8, 4) is 17.1 Å². The number of aromatic nitrogens is 1. The number of nitrogens with one attached hydrogen (secondary N) is 1. The second kappa shape index (κ2) is 7.61. The molecule has 2 aromatic carbocycles. The van der Waals surface area contributed by atoms with E-state index in [1.807, 2.05) is 6.92 Å². The zero-order valence-corrected chi connectivity index (χ0v) is 13.7. The molecular weight excluding hydrogens is 323 g/mol. The Morgan fingerprint density at radius 1 is 1.16 bits per heavy atom. The zero-order valence-electron chi connectivity index (χ0n) is 13.7. The van der Waals surface area contributed by atoms with Crippen LogP contribution in [0.4, 0.5) is 4.39 Å². The van der Waals surface area contributed by atoms with Crippen LogP contribution in [0.25, 0.3) is 11.3 Å². The molecule has 128 valence electrons. The van der Waals surface area contributed by atoms with E-state index in [2.05, 4.69) is 10.5 Å². The third-order valence-corrected chi connectivity index (χ3v) is 3.55. The van der Waals surface area contributed by atoms with Gasteiger partial charge in [0.1, 0.15) is 17.3 Å². The minimum atomic E-state index is -0.314. The summed E-state index contributed by atoms with van der Waals surface area (Å²) in [5, 5.41) is 6.69. The number of carbonyl (C=O) groups is 1. The smallest absolute Gasteiger partial charge is 0.251 e. The molecule has 0 fully saturated rings. The fourth-order valence-corrected chi connectivity index (χ4v) is 2.29. The van der Waals surface area contributed by atoms with Crippen molar-refractivity contribution in [3.63, 3.8) is 0 Å². The number of ether oxygens (including phenoxy) is 1. The molecule has 1 heterocycles. The molecule has 3 rings (SSSR count). The lowest BCUT2D eigenvalue weighted by Gasteiger charge is -2.05. The fourth-order valence-electron chi connectivity index (χ4n) is 2.29. The van der Waals surface area contributed by atoms with Gasteiger partial charge in [0.05, 0.1) is 13.2 Å². The molecular formula is C19H17FN2O3. The van der Waals surface area contributed by atoms with E-state index in [1.165, 1.54) is 12.1 Å². The lowest BCUT2D eigenvalue weighted by Crippen LogP contribution is -2.22. The number of rotatable bonds is 6. The van der Waals surface area contributed by atoms with Gasteiger partial charge in [-0.05, 0) is 55.5 Å². The maximum Gasteiger partial charge on any atom is 0.251 e. The highest BCUT2D eigenvalue weighted by molar-refractivity contribution is 5.94. The Morgan fingerprint density at radius 2 is 1.88 bits per heavy atom. The van der Waals surface area contributed by atoms with Gasteiger partial charge in [-0.25, -0.2) is 4.39 Å². The van der Waals surface area contributed by atoms with Gasteiger partial charge in [-0.2, -0.15) is 0 Å². The molecule has 0 saturated carbocycles. The summed E-state index contributed by atoms with van der Waals surface area (Å²) in [7, 11) is 0. The van der Waals surface area contributed by atoms with E-state index in [9.17, 15) is 9.18 Å². The van der Waals surface area contributed by atoms with Gasteiger partial charge in [-0.3, -0.25) is 4.79 Å². The van der Waals surface area contributed by atoms with Gasteiger partial charge in [0.15, 0.2) is 5.76 Å². The average molecular weight is 340 g/mol. The van der Waals surface area contributed by atoms with Crippen molar-refractivity contribution in [2.45, 2.75) is 13.5 Å². The standard InChI is InChI=1S/C19H17FN2O3/c1-2-24-17-9-5-14(6-10-17)19(23)21-12-16-11-18(25-22-16)13-3-7-15(20)8-4-13/h3-11H,2,12H2,1H3,(H,21,23). The van der Waals surface area contributed by atoms with E-state index in [0.717, 1.165) is 11.3 Å². The quantitative estimate of drug-likeness (QED) is 0.741. The first-order valence-corrected chi connectivity index (χ1v) is 7.88. The van der Waals surface area contributed by atoms with Gasteiger partial charge in [0, 0.05) is 17.2 Å². The molecule has 0 unspecified atom stereocenters. The predicted molar refractivity (Wildman–Crippen MR) is 90.7 cm³/mol. The van der Waals surface area contributed by atoms with Crippen LogP contribution in [0.5, 0.6) is 5.75 Å². The first-order chi connectivity index (χ1) is 12.2. The molecule has 1 aromatic heterocycles. The van der Waals surface area contributed by atoms with Crippen LogP contribution < -0.4 is 10.1 Å². The molecule has 3 aromatic rings. The first kappa shape index (κ1) is 16.7. The van der Waals surface area contributed by atoms with Gasteiger partial charge >= 0.3 is 0 Å². The third kappa shape index (κ3) is 4.23. The molecule has 0 spiro atoms. The van der Waals surface area contributed by atoms with Gasteiger partial charge in [0.25, 0.3) is 5.91 Å². The lowest BCUT2D eigenvalue weighted by molar-refractivity contribution is 0.0950. The van der Waals surface area contributed by atoms with Crippen molar-refractivity contribution in [3.05, 3.63) is 71.7 Å². The van der Waals surface area contributed by atoms with Crippen LogP contribution in [0.15, 0.2) is 59.1 Å². The Kier molecular flexibility index (Phi) is 5.09. The molecule has 0 aliphatic heterocycles. The normalized spacial score (nSPS) is 10.5. The Labute approximate surface area is 144 Å². The summed E-state index contributed by atoms with van der Waals surface area (Å²) in [6.45, 7) is 2.71. The van der Waals surface area contributed by atoms with Crippen LogP contribution in [-0.4, -0.2) is 17.7 Å². The van der Waals surface area contributed by atoms with E-state index in [4.69, 9.17) is 9.26 Å². The summed E-state index contributed by atoms with van der Waals surface area (Å²) in [5.74, 6) is 0.713. The Balaban J connectivity index is 1.60. The predicted octanol–water partition coefficient (Wildman–Crippen LogP) is 3.81. The number of carbonyl (C=O) groups excluding carboxylic acids is 1. The summed E-state index contributed by atoms with van der Waals surface area (Å²) >= 11 is 0. The monoisotopic (exact) mass is 340 g/mol. The van der Waals surface area contributed by atoms with Gasteiger partial charge in [-0.15, -0.1) is 0 Å². The van der Waals surface area contributed by atoms with Crippen LogP contribution in [0.3, 0.4) is 0 Å². The van der Waals surface area contributed by atoms with E-state index in [-0.39, 0.29) is 18.3 Å². The second-order valence-corrected chi connectivity index (χ2v) is 5.33. The van der Waals surface area contributed by atoms with E-state index in [0.29, 0.717) is 23.6 Å². The summed E-state index contributed by atoms with van der Waals surface area (Å²) in [4.78, 5) is 12.1. The summed E-state index contributed by atoms with van der Waals surface area (Å²) in [5.41, 5.74) is 1.84. The molecule has 5 nitrogen and oxygen atoms in total. The Morgan fingerprint density at radius 3 is 2.56 bits per heavy atom. The van der Waals surface area contributed by atoms with Gasteiger partial charge in [-0.1, -0.05) is 5.16 Å². The highest BCUT2D eigenvalue weighted by Gasteiger charge is 2.10. The molecule has 0 atom stereocenters. The number of halogens is 1. The highest BCUT2D eigenvalue weighted by atomic mass is 19.1. The van der Waals surface area contributed by atoms with Gasteiger partial charge in [0.2, 0.25) is 0 Å². The number of amides is 1. The SMILES string of the molecule is CCOc1ccc(C(=O)NCc2cc(-c3ccc(F)cc3)on2)cc1. The van der Waals surface area contributed by atoms with Crippen LogP contribution in [0.1, 0.15) is 23.0 Å². The van der Waals surface area contributed by atoms with Crippen molar-refractivity contribution in [1.82, 2.24) is 10.5 Å². The van der Waals surface area contributed by atoms with Crippen molar-refractivity contribution in [2.24, 2.45) is 0 Å². The summed E-state index contributed by atoms with van der Waals surface area (Å²) in [6.07, 6.45) is 0. The zero-order chi connectivity index (χ0) is 17.6. The number of hydrogen-bond donors (Lipinski definition) is 1. The molecule has 0 saturated heterocycles. The molecule has 6 heteroatoms. The molecule has 25 heavy (non-hydrogen) atoms. The number of benzene rings is 2. The van der Waals surface area contributed by atoms with Crippen molar-refractivity contribution < 1.29 is 18.4 Å². The second-order valence-electron chi connectivity index (χ2n) is 5.33. The number of nitrogens with zero attached hydrogens (tertiary/aromatic N) is 1. The van der Waals surface area contributed by atoms with Crippen LogP contribution >= 0.6 is 0 Å². The van der Waals surface area contributed by atoms with E-state index < -0.39 is 0 Å². The van der Waals surface area contributed by atoms with Crippen LogP contribution in [-0.2, 0) is 6.54 Å². The van der Waals surface area contributed by atoms with Crippen molar-refractivity contribution >= 4 is 5.91 Å². The lowest BCUT2D eigenvalue weighted by atomic mass is 10.1. The van der Waals surface area contributed by atoms with Crippen molar-refractivity contribution in [1.29, 1.82) is 0 Å². The van der Waals surface area contributed by atoms with E-state index >= 15 is 0 Å². The maximum atomic E-state index is 12.9. The molecule has 0 bridgehead atoms. The fraction of sp³-hybridized carbons (Fsp3) is 0.158.